The number of fused-ring (bicyclic) bond motifs is 1. The number of aryl methyl sites for hydroxylation is 1. The first kappa shape index (κ1) is 23.0. The summed E-state index contributed by atoms with van der Waals surface area (Å²) in [6.45, 7) is 4.25. The molecule has 3 unspecified atom stereocenters. The van der Waals surface area contributed by atoms with Gasteiger partial charge in [0.25, 0.3) is 5.91 Å². The van der Waals surface area contributed by atoms with Crippen molar-refractivity contribution >= 4 is 17.2 Å². The summed E-state index contributed by atoms with van der Waals surface area (Å²) < 4.78 is 29.5. The molecule has 3 aromatic rings. The lowest BCUT2D eigenvalue weighted by molar-refractivity contribution is -0.00177. The summed E-state index contributed by atoms with van der Waals surface area (Å²) in [4.78, 5) is 21.7. The van der Waals surface area contributed by atoms with Crippen LogP contribution in [-0.4, -0.2) is 61.1 Å². The highest BCUT2D eigenvalue weighted by Gasteiger charge is 2.29. The van der Waals surface area contributed by atoms with E-state index in [0.717, 1.165) is 5.56 Å². The molecule has 1 amide bonds. The Morgan fingerprint density at radius 1 is 1.30 bits per heavy atom. The van der Waals surface area contributed by atoms with E-state index >= 15 is 0 Å². The maximum atomic E-state index is 14.1. The summed E-state index contributed by atoms with van der Waals surface area (Å²) in [6, 6.07) is 1.58. The van der Waals surface area contributed by atoms with Crippen molar-refractivity contribution < 1.29 is 18.7 Å². The predicted octanol–water partition coefficient (Wildman–Crippen LogP) is 3.24. The Hall–Kier alpha value is -3.14. The van der Waals surface area contributed by atoms with Gasteiger partial charge >= 0.3 is 0 Å². The normalized spacial score (nSPS) is 19.6. The fraction of sp³-hybridized carbons (Fsp3) is 0.478. The van der Waals surface area contributed by atoms with Gasteiger partial charge in [0.15, 0.2) is 5.65 Å². The van der Waals surface area contributed by atoms with Crippen molar-refractivity contribution in [1.29, 1.82) is 0 Å². The van der Waals surface area contributed by atoms with E-state index in [4.69, 9.17) is 0 Å². The standard InChI is InChI=1S/C23H28F2N6O2/c1-13-8-27-21-16(10-29-31(21)12-13)18-7-19(30-15-5-4-14(24)6-15)17(9-26-18)22(32)28-11-20(25)23(2,3)33/h7-10,12,14-15,20,33H,4-6,11H2,1-3H3,(H,26,30)(H,28,32). The highest BCUT2D eigenvalue weighted by atomic mass is 19.1. The number of halogens is 2. The second-order valence-electron chi connectivity index (χ2n) is 9.16. The molecule has 1 saturated carbocycles. The van der Waals surface area contributed by atoms with Gasteiger partial charge in [0.1, 0.15) is 12.3 Å². The molecule has 1 fully saturated rings. The van der Waals surface area contributed by atoms with Gasteiger partial charge in [-0.3, -0.25) is 9.78 Å². The third kappa shape index (κ3) is 5.11. The Kier molecular flexibility index (Phi) is 6.29. The minimum absolute atomic E-state index is 0.128. The summed E-state index contributed by atoms with van der Waals surface area (Å²) in [5, 5.41) is 19.9. The number of carbonyl (C=O) groups excluding carboxylic acids is 1. The van der Waals surface area contributed by atoms with Crippen molar-refractivity contribution in [1.82, 2.24) is 24.9 Å². The van der Waals surface area contributed by atoms with Gasteiger partial charge in [-0.25, -0.2) is 18.3 Å². The number of hydrogen-bond acceptors (Lipinski definition) is 6. The molecule has 10 heteroatoms. The van der Waals surface area contributed by atoms with Crippen molar-refractivity contribution in [3.63, 3.8) is 0 Å². The predicted molar refractivity (Wildman–Crippen MR) is 121 cm³/mol. The van der Waals surface area contributed by atoms with Crippen LogP contribution in [0.5, 0.6) is 0 Å². The molecule has 33 heavy (non-hydrogen) atoms. The van der Waals surface area contributed by atoms with Crippen molar-refractivity contribution in [2.24, 2.45) is 0 Å². The van der Waals surface area contributed by atoms with Crippen molar-refractivity contribution in [3.8, 4) is 11.3 Å². The van der Waals surface area contributed by atoms with Crippen LogP contribution in [0.4, 0.5) is 14.5 Å². The number of hydrogen-bond donors (Lipinski definition) is 3. The number of anilines is 1. The molecule has 3 aromatic heterocycles. The molecule has 0 bridgehead atoms. The van der Waals surface area contributed by atoms with Crippen LogP contribution >= 0.6 is 0 Å². The maximum absolute atomic E-state index is 14.1. The van der Waals surface area contributed by atoms with Gasteiger partial charge < -0.3 is 15.7 Å². The second-order valence-corrected chi connectivity index (χ2v) is 9.16. The summed E-state index contributed by atoms with van der Waals surface area (Å²) in [5.74, 6) is -0.535. The zero-order valence-corrected chi connectivity index (χ0v) is 18.8. The van der Waals surface area contributed by atoms with E-state index in [2.05, 4.69) is 25.7 Å². The van der Waals surface area contributed by atoms with E-state index in [-0.39, 0.29) is 18.2 Å². The van der Waals surface area contributed by atoms with E-state index in [1.54, 1.807) is 23.0 Å². The van der Waals surface area contributed by atoms with Crippen LogP contribution in [0.25, 0.3) is 16.9 Å². The van der Waals surface area contributed by atoms with Crippen molar-refractivity contribution in [2.45, 2.75) is 64.0 Å². The summed E-state index contributed by atoms with van der Waals surface area (Å²) in [5.41, 5.74) is 1.92. The Morgan fingerprint density at radius 3 is 2.79 bits per heavy atom. The Bertz CT molecular complexity index is 1160. The van der Waals surface area contributed by atoms with Crippen molar-refractivity contribution in [2.75, 3.05) is 11.9 Å². The van der Waals surface area contributed by atoms with Crippen LogP contribution in [0.15, 0.2) is 30.9 Å². The zero-order chi connectivity index (χ0) is 23.8. The van der Waals surface area contributed by atoms with E-state index in [0.29, 0.717) is 41.9 Å². The largest absolute Gasteiger partial charge is 0.387 e. The number of pyridine rings is 1. The SMILES string of the molecule is Cc1cnc2c(-c3cc(NC4CCC(F)C4)c(C(=O)NCC(F)C(C)(C)O)cn3)cnn2c1. The van der Waals surface area contributed by atoms with Crippen LogP contribution in [0.3, 0.4) is 0 Å². The molecule has 0 spiro atoms. The number of rotatable bonds is 7. The van der Waals surface area contributed by atoms with Gasteiger partial charge in [-0.15, -0.1) is 0 Å². The van der Waals surface area contributed by atoms with Gasteiger partial charge in [-0.05, 0) is 51.7 Å². The Morgan fingerprint density at radius 2 is 2.09 bits per heavy atom. The molecule has 4 rings (SSSR count). The van der Waals surface area contributed by atoms with Crippen LogP contribution in [0.2, 0.25) is 0 Å². The van der Waals surface area contributed by atoms with Gasteiger partial charge in [0, 0.05) is 24.6 Å². The van der Waals surface area contributed by atoms with E-state index in [1.807, 2.05) is 13.1 Å². The minimum atomic E-state index is -1.64. The third-order valence-electron chi connectivity index (χ3n) is 5.85. The van der Waals surface area contributed by atoms with Gasteiger partial charge in [-0.2, -0.15) is 5.10 Å². The molecule has 0 aliphatic heterocycles. The van der Waals surface area contributed by atoms with Crippen LogP contribution in [-0.2, 0) is 0 Å². The number of nitrogens with one attached hydrogen (secondary N) is 2. The lowest BCUT2D eigenvalue weighted by atomic mass is 10.0. The molecule has 3 N–H and O–H groups in total. The first-order chi connectivity index (χ1) is 15.6. The number of amides is 1. The van der Waals surface area contributed by atoms with Gasteiger partial charge in [0.05, 0.1) is 40.9 Å². The quantitative estimate of drug-likeness (QED) is 0.502. The van der Waals surface area contributed by atoms with Crippen molar-refractivity contribution in [3.05, 3.63) is 42.0 Å². The van der Waals surface area contributed by atoms with E-state index in [1.165, 1.54) is 20.0 Å². The van der Waals surface area contributed by atoms with Crippen LogP contribution < -0.4 is 10.6 Å². The lowest BCUT2D eigenvalue weighted by Crippen LogP contribution is -2.42. The van der Waals surface area contributed by atoms with Crippen LogP contribution in [0.1, 0.15) is 49.0 Å². The molecular weight excluding hydrogens is 430 g/mol. The topological polar surface area (TPSA) is 104 Å². The fourth-order valence-electron chi connectivity index (χ4n) is 3.86. The number of alkyl halides is 2. The third-order valence-corrected chi connectivity index (χ3v) is 5.85. The second kappa shape index (κ2) is 9.01. The average molecular weight is 459 g/mol. The molecule has 3 heterocycles. The highest BCUT2D eigenvalue weighted by Crippen LogP contribution is 2.30. The summed E-state index contributed by atoms with van der Waals surface area (Å²) in [6.07, 6.45) is 5.57. The Balaban J connectivity index is 1.65. The first-order valence-corrected chi connectivity index (χ1v) is 11.0. The fourth-order valence-corrected chi connectivity index (χ4v) is 3.86. The smallest absolute Gasteiger partial charge is 0.255 e. The van der Waals surface area contributed by atoms with Gasteiger partial charge in [0.2, 0.25) is 0 Å². The summed E-state index contributed by atoms with van der Waals surface area (Å²) >= 11 is 0. The molecule has 3 atom stereocenters. The number of aromatic nitrogens is 4. The highest BCUT2D eigenvalue weighted by molar-refractivity contribution is 6.00. The first-order valence-electron chi connectivity index (χ1n) is 11.0. The molecule has 176 valence electrons. The number of nitrogens with zero attached hydrogens (tertiary/aromatic N) is 4. The molecule has 0 radical (unpaired) electrons. The summed E-state index contributed by atoms with van der Waals surface area (Å²) in [7, 11) is 0. The average Bonchev–Trinajstić information content (AvgIpc) is 3.36. The minimum Gasteiger partial charge on any atom is -0.387 e. The molecular formula is C23H28F2N6O2. The molecule has 0 saturated heterocycles. The molecule has 0 aromatic carbocycles. The van der Waals surface area contributed by atoms with E-state index < -0.39 is 23.9 Å². The van der Waals surface area contributed by atoms with Crippen LogP contribution in [0, 0.1) is 6.92 Å². The number of aliphatic hydroxyl groups is 1. The molecule has 8 nitrogen and oxygen atoms in total. The lowest BCUT2D eigenvalue weighted by Gasteiger charge is -2.23. The van der Waals surface area contributed by atoms with Gasteiger partial charge in [-0.1, -0.05) is 0 Å². The van der Waals surface area contributed by atoms with E-state index in [9.17, 15) is 18.7 Å². The molecule has 1 aliphatic rings. The monoisotopic (exact) mass is 458 g/mol. The number of carbonyl (C=O) groups is 1. The zero-order valence-electron chi connectivity index (χ0n) is 18.8. The molecule has 1 aliphatic carbocycles. The maximum Gasteiger partial charge on any atom is 0.255 e. The Labute approximate surface area is 190 Å².